The third kappa shape index (κ3) is 3.17. The zero-order valence-electron chi connectivity index (χ0n) is 11.8. The molecule has 0 unspecified atom stereocenters. The molecule has 0 saturated carbocycles. The predicted molar refractivity (Wildman–Crippen MR) is 78.4 cm³/mol. The lowest BCUT2D eigenvalue weighted by atomic mass is 10.1. The number of nitrogens with zero attached hydrogens (tertiary/aromatic N) is 1. The summed E-state index contributed by atoms with van der Waals surface area (Å²) in [5.41, 5.74) is 9.03. The van der Waals surface area contributed by atoms with E-state index in [9.17, 15) is 4.79 Å². The number of anilines is 2. The number of nitrogen functional groups attached to an aromatic ring is 1. The fraction of sp³-hybridized carbons (Fsp3) is 0.333. The van der Waals surface area contributed by atoms with Crippen LogP contribution in [0.2, 0.25) is 0 Å². The quantitative estimate of drug-likeness (QED) is 0.821. The maximum absolute atomic E-state index is 12.0. The van der Waals surface area contributed by atoms with E-state index < -0.39 is 0 Å². The number of benzene rings is 1. The van der Waals surface area contributed by atoms with Gasteiger partial charge in [0.1, 0.15) is 11.4 Å². The minimum atomic E-state index is -0.0609. The molecule has 3 N–H and O–H groups in total. The van der Waals surface area contributed by atoms with E-state index >= 15 is 0 Å². The van der Waals surface area contributed by atoms with Crippen LogP contribution in [0.1, 0.15) is 30.4 Å². The Morgan fingerprint density at radius 1 is 1.40 bits per heavy atom. The molecule has 0 spiro atoms. The molecule has 20 heavy (non-hydrogen) atoms. The fourth-order valence-electron chi connectivity index (χ4n) is 2.03. The highest BCUT2D eigenvalue weighted by Crippen LogP contribution is 2.21. The molecule has 0 fully saturated rings. The van der Waals surface area contributed by atoms with Crippen molar-refractivity contribution in [3.8, 4) is 0 Å². The van der Waals surface area contributed by atoms with Crippen LogP contribution in [-0.4, -0.2) is 11.1 Å². The molecular weight excluding hydrogens is 254 g/mol. The Morgan fingerprint density at radius 3 is 2.85 bits per heavy atom. The van der Waals surface area contributed by atoms with Gasteiger partial charge in [0.2, 0.25) is 5.91 Å². The summed E-state index contributed by atoms with van der Waals surface area (Å²) in [4.78, 5) is 12.0. The summed E-state index contributed by atoms with van der Waals surface area (Å²) in [6.45, 7) is 3.76. The van der Waals surface area contributed by atoms with E-state index in [1.165, 1.54) is 0 Å². The lowest BCUT2D eigenvalue weighted by molar-refractivity contribution is -0.116. The Morgan fingerprint density at radius 2 is 2.15 bits per heavy atom. The lowest BCUT2D eigenvalue weighted by Gasteiger charge is -2.06. The second-order valence-electron chi connectivity index (χ2n) is 4.66. The van der Waals surface area contributed by atoms with Crippen molar-refractivity contribution in [2.45, 2.75) is 33.1 Å². The SMILES string of the molecule is CCc1noc(C)c1NC(=O)CCc1ccccc1N. The van der Waals surface area contributed by atoms with Crippen molar-refractivity contribution >= 4 is 17.3 Å². The van der Waals surface area contributed by atoms with Gasteiger partial charge in [0.05, 0.1) is 0 Å². The van der Waals surface area contributed by atoms with Gasteiger partial charge in [0, 0.05) is 12.1 Å². The van der Waals surface area contributed by atoms with Gasteiger partial charge in [-0.05, 0) is 31.4 Å². The van der Waals surface area contributed by atoms with Gasteiger partial charge in [0.25, 0.3) is 0 Å². The standard InChI is InChI=1S/C15H19N3O2/c1-3-13-15(10(2)20-18-13)17-14(19)9-8-11-6-4-5-7-12(11)16/h4-7H,3,8-9,16H2,1-2H3,(H,17,19). The molecule has 1 heterocycles. The number of rotatable bonds is 5. The van der Waals surface area contributed by atoms with Crippen molar-refractivity contribution in [2.75, 3.05) is 11.1 Å². The van der Waals surface area contributed by atoms with Crippen molar-refractivity contribution in [3.05, 3.63) is 41.3 Å². The molecule has 0 saturated heterocycles. The van der Waals surface area contributed by atoms with Crippen LogP contribution in [0.15, 0.2) is 28.8 Å². The Hall–Kier alpha value is -2.30. The topological polar surface area (TPSA) is 81.2 Å². The average molecular weight is 273 g/mol. The first-order valence-corrected chi connectivity index (χ1v) is 6.70. The molecule has 0 aliphatic heterocycles. The lowest BCUT2D eigenvalue weighted by Crippen LogP contribution is -2.14. The largest absolute Gasteiger partial charge is 0.399 e. The average Bonchev–Trinajstić information content (AvgIpc) is 2.79. The van der Waals surface area contributed by atoms with Crippen molar-refractivity contribution in [2.24, 2.45) is 0 Å². The van der Waals surface area contributed by atoms with E-state index in [0.717, 1.165) is 23.4 Å². The van der Waals surface area contributed by atoms with Crippen LogP contribution in [0, 0.1) is 6.92 Å². The number of carbonyl (C=O) groups is 1. The summed E-state index contributed by atoms with van der Waals surface area (Å²) >= 11 is 0. The van der Waals surface area contributed by atoms with Crippen molar-refractivity contribution < 1.29 is 9.32 Å². The van der Waals surface area contributed by atoms with Crippen LogP contribution < -0.4 is 11.1 Å². The minimum absolute atomic E-state index is 0.0609. The summed E-state index contributed by atoms with van der Waals surface area (Å²) in [5.74, 6) is 0.573. The minimum Gasteiger partial charge on any atom is -0.399 e. The third-order valence-corrected chi connectivity index (χ3v) is 3.21. The van der Waals surface area contributed by atoms with Gasteiger partial charge in [0.15, 0.2) is 5.76 Å². The molecule has 5 heteroatoms. The molecule has 2 rings (SSSR count). The van der Waals surface area contributed by atoms with E-state index in [1.807, 2.05) is 31.2 Å². The van der Waals surface area contributed by atoms with E-state index in [4.69, 9.17) is 10.3 Å². The molecule has 5 nitrogen and oxygen atoms in total. The normalized spacial score (nSPS) is 10.5. The third-order valence-electron chi connectivity index (χ3n) is 3.21. The molecule has 0 aliphatic carbocycles. The predicted octanol–water partition coefficient (Wildman–Crippen LogP) is 2.70. The van der Waals surface area contributed by atoms with Gasteiger partial charge >= 0.3 is 0 Å². The molecule has 106 valence electrons. The van der Waals surface area contributed by atoms with Crippen molar-refractivity contribution in [3.63, 3.8) is 0 Å². The monoisotopic (exact) mass is 273 g/mol. The van der Waals surface area contributed by atoms with E-state index in [-0.39, 0.29) is 5.91 Å². The van der Waals surface area contributed by atoms with Crippen LogP contribution in [0.3, 0.4) is 0 Å². The van der Waals surface area contributed by atoms with Gasteiger partial charge in [-0.2, -0.15) is 0 Å². The smallest absolute Gasteiger partial charge is 0.224 e. The van der Waals surface area contributed by atoms with Gasteiger partial charge in [-0.1, -0.05) is 30.3 Å². The zero-order valence-corrected chi connectivity index (χ0v) is 11.8. The van der Waals surface area contributed by atoms with Crippen LogP contribution in [0.5, 0.6) is 0 Å². The number of hydrogen-bond donors (Lipinski definition) is 2. The van der Waals surface area contributed by atoms with E-state index in [1.54, 1.807) is 6.92 Å². The molecule has 1 aromatic carbocycles. The number of para-hydroxylation sites is 1. The summed E-state index contributed by atoms with van der Waals surface area (Å²) in [5, 5.41) is 6.77. The number of aromatic nitrogens is 1. The van der Waals surface area contributed by atoms with Crippen molar-refractivity contribution in [1.29, 1.82) is 0 Å². The number of hydrogen-bond acceptors (Lipinski definition) is 4. The number of nitrogens with two attached hydrogens (primary N) is 1. The molecule has 1 amide bonds. The Balaban J connectivity index is 1.96. The second-order valence-corrected chi connectivity index (χ2v) is 4.66. The van der Waals surface area contributed by atoms with Gasteiger partial charge in [-0.25, -0.2) is 0 Å². The molecule has 0 bridgehead atoms. The number of amides is 1. The van der Waals surface area contributed by atoms with Crippen LogP contribution >= 0.6 is 0 Å². The number of nitrogens with one attached hydrogen (secondary N) is 1. The second kappa shape index (κ2) is 6.23. The Bertz CT molecular complexity index is 605. The van der Waals surface area contributed by atoms with Gasteiger partial charge < -0.3 is 15.6 Å². The summed E-state index contributed by atoms with van der Waals surface area (Å²) in [6.07, 6.45) is 1.71. The maximum atomic E-state index is 12.0. The molecule has 0 aliphatic rings. The van der Waals surface area contributed by atoms with Gasteiger partial charge in [-0.15, -0.1) is 0 Å². The maximum Gasteiger partial charge on any atom is 0.224 e. The van der Waals surface area contributed by atoms with Gasteiger partial charge in [-0.3, -0.25) is 4.79 Å². The highest BCUT2D eigenvalue weighted by atomic mass is 16.5. The molecule has 1 aromatic heterocycles. The number of carbonyl (C=O) groups excluding carboxylic acids is 1. The summed E-state index contributed by atoms with van der Waals surface area (Å²) < 4.78 is 5.08. The summed E-state index contributed by atoms with van der Waals surface area (Å²) in [7, 11) is 0. The van der Waals surface area contributed by atoms with E-state index in [0.29, 0.717) is 24.3 Å². The molecular formula is C15H19N3O2. The molecule has 0 atom stereocenters. The van der Waals surface area contributed by atoms with E-state index in [2.05, 4.69) is 10.5 Å². The highest BCUT2D eigenvalue weighted by Gasteiger charge is 2.14. The van der Waals surface area contributed by atoms with Crippen LogP contribution in [-0.2, 0) is 17.6 Å². The first-order chi connectivity index (χ1) is 9.61. The Kier molecular flexibility index (Phi) is 4.40. The van der Waals surface area contributed by atoms with Crippen LogP contribution in [0.25, 0.3) is 0 Å². The van der Waals surface area contributed by atoms with Crippen LogP contribution in [0.4, 0.5) is 11.4 Å². The first-order valence-electron chi connectivity index (χ1n) is 6.70. The zero-order chi connectivity index (χ0) is 14.5. The molecule has 2 aromatic rings. The first kappa shape index (κ1) is 14.1. The Labute approximate surface area is 118 Å². The fourth-order valence-corrected chi connectivity index (χ4v) is 2.03. The summed E-state index contributed by atoms with van der Waals surface area (Å²) in [6, 6.07) is 7.58. The highest BCUT2D eigenvalue weighted by molar-refractivity contribution is 5.91. The van der Waals surface area contributed by atoms with Crippen molar-refractivity contribution in [1.82, 2.24) is 5.16 Å². The number of aryl methyl sites for hydroxylation is 3. The molecule has 0 radical (unpaired) electrons.